The van der Waals surface area contributed by atoms with E-state index < -0.39 is 0 Å². The Morgan fingerprint density at radius 3 is 2.79 bits per heavy atom. The molecule has 0 atom stereocenters. The van der Waals surface area contributed by atoms with E-state index in [4.69, 9.17) is 4.74 Å². The van der Waals surface area contributed by atoms with Crippen LogP contribution in [0.15, 0.2) is 0 Å². The molecule has 1 heterocycles. The molecule has 19 heavy (non-hydrogen) atoms. The number of hydrogen-bond donors (Lipinski definition) is 1. The molecule has 0 aliphatic carbocycles. The molecule has 1 aromatic heterocycles. The van der Waals surface area contributed by atoms with Gasteiger partial charge in [0, 0.05) is 25.8 Å². The molecule has 1 rings (SSSR count). The van der Waals surface area contributed by atoms with E-state index in [2.05, 4.69) is 40.8 Å². The van der Waals surface area contributed by atoms with Crippen molar-refractivity contribution in [2.45, 2.75) is 40.2 Å². The summed E-state index contributed by atoms with van der Waals surface area (Å²) in [6, 6.07) is 0. The van der Waals surface area contributed by atoms with Crippen molar-refractivity contribution in [1.29, 1.82) is 0 Å². The van der Waals surface area contributed by atoms with E-state index in [0.29, 0.717) is 0 Å². The predicted molar refractivity (Wildman–Crippen MR) is 78.2 cm³/mol. The van der Waals surface area contributed by atoms with Crippen molar-refractivity contribution in [2.24, 2.45) is 0 Å². The first-order chi connectivity index (χ1) is 9.20. The molecular formula is C15H25N3O. The summed E-state index contributed by atoms with van der Waals surface area (Å²) in [5.41, 5.74) is 3.76. The first kappa shape index (κ1) is 15.7. The van der Waals surface area contributed by atoms with E-state index in [-0.39, 0.29) is 0 Å². The minimum atomic E-state index is 0.757. The maximum Gasteiger partial charge on any atom is 0.0628 e. The molecule has 1 aromatic rings. The third kappa shape index (κ3) is 5.06. The summed E-state index contributed by atoms with van der Waals surface area (Å²) in [4.78, 5) is 0. The quantitative estimate of drug-likeness (QED) is 0.573. The Hall–Kier alpha value is -1.31. The zero-order valence-electron chi connectivity index (χ0n) is 12.5. The molecular weight excluding hydrogens is 238 g/mol. The maximum atomic E-state index is 5.01. The third-order valence-electron chi connectivity index (χ3n) is 3.19. The number of methoxy groups -OCH3 is 1. The monoisotopic (exact) mass is 263 g/mol. The van der Waals surface area contributed by atoms with Gasteiger partial charge in [-0.15, -0.1) is 11.8 Å². The molecule has 4 heteroatoms. The maximum absolute atomic E-state index is 5.01. The zero-order chi connectivity index (χ0) is 14.1. The summed E-state index contributed by atoms with van der Waals surface area (Å²) in [6.45, 7) is 9.60. The summed E-state index contributed by atoms with van der Waals surface area (Å²) in [5.74, 6) is 6.00. The molecule has 0 aliphatic heterocycles. The van der Waals surface area contributed by atoms with Gasteiger partial charge in [0.1, 0.15) is 0 Å². The number of aryl methyl sites for hydroxylation is 2. The predicted octanol–water partition coefficient (Wildman–Crippen LogP) is 1.69. The number of aromatic nitrogens is 2. The Morgan fingerprint density at radius 2 is 2.11 bits per heavy atom. The largest absolute Gasteiger partial charge is 0.383 e. The third-order valence-corrected chi connectivity index (χ3v) is 3.19. The van der Waals surface area contributed by atoms with Gasteiger partial charge < -0.3 is 10.1 Å². The van der Waals surface area contributed by atoms with E-state index in [1.807, 2.05) is 6.92 Å². The van der Waals surface area contributed by atoms with Crippen molar-refractivity contribution in [2.75, 3.05) is 26.8 Å². The molecule has 0 unspecified atom stereocenters. The SMILES string of the molecule is CC#CCCn1nc(C)c(CCNCCOC)c1C. The second-order valence-corrected chi connectivity index (χ2v) is 4.54. The van der Waals surface area contributed by atoms with Crippen LogP contribution in [0.5, 0.6) is 0 Å². The summed E-state index contributed by atoms with van der Waals surface area (Å²) in [5, 5.41) is 7.96. The summed E-state index contributed by atoms with van der Waals surface area (Å²) in [7, 11) is 1.72. The van der Waals surface area contributed by atoms with Gasteiger partial charge in [-0.2, -0.15) is 5.10 Å². The van der Waals surface area contributed by atoms with Crippen LogP contribution >= 0.6 is 0 Å². The fraction of sp³-hybridized carbons (Fsp3) is 0.667. The highest BCUT2D eigenvalue weighted by molar-refractivity contribution is 5.25. The molecule has 106 valence electrons. The van der Waals surface area contributed by atoms with Crippen LogP contribution in [0.2, 0.25) is 0 Å². The summed E-state index contributed by atoms with van der Waals surface area (Å²) in [6.07, 6.45) is 1.88. The van der Waals surface area contributed by atoms with Crippen LogP contribution in [-0.4, -0.2) is 36.6 Å². The van der Waals surface area contributed by atoms with Crippen molar-refractivity contribution in [3.05, 3.63) is 17.0 Å². The first-order valence-electron chi connectivity index (χ1n) is 6.82. The number of nitrogens with one attached hydrogen (secondary N) is 1. The van der Waals surface area contributed by atoms with Crippen molar-refractivity contribution < 1.29 is 4.74 Å². The van der Waals surface area contributed by atoms with E-state index >= 15 is 0 Å². The number of nitrogens with zero attached hydrogens (tertiary/aromatic N) is 2. The van der Waals surface area contributed by atoms with Gasteiger partial charge in [-0.05, 0) is 39.3 Å². The van der Waals surface area contributed by atoms with E-state index in [0.717, 1.165) is 44.8 Å². The zero-order valence-corrected chi connectivity index (χ0v) is 12.5. The lowest BCUT2D eigenvalue weighted by Crippen LogP contribution is -2.22. The molecule has 0 saturated carbocycles. The van der Waals surface area contributed by atoms with Gasteiger partial charge in [-0.1, -0.05) is 0 Å². The smallest absolute Gasteiger partial charge is 0.0628 e. The highest BCUT2D eigenvalue weighted by Crippen LogP contribution is 2.13. The molecule has 0 radical (unpaired) electrons. The molecule has 0 aliphatic rings. The molecule has 0 saturated heterocycles. The normalized spacial score (nSPS) is 10.3. The van der Waals surface area contributed by atoms with Gasteiger partial charge in [0.05, 0.1) is 18.8 Å². The number of rotatable bonds is 8. The van der Waals surface area contributed by atoms with E-state index in [9.17, 15) is 0 Å². The topological polar surface area (TPSA) is 39.1 Å². The fourth-order valence-corrected chi connectivity index (χ4v) is 2.11. The van der Waals surface area contributed by atoms with Crippen molar-refractivity contribution >= 4 is 0 Å². The van der Waals surface area contributed by atoms with Crippen LogP contribution in [0, 0.1) is 25.7 Å². The molecule has 0 fully saturated rings. The van der Waals surface area contributed by atoms with Crippen LogP contribution in [0.4, 0.5) is 0 Å². The van der Waals surface area contributed by atoms with E-state index in [1.54, 1.807) is 7.11 Å². The van der Waals surface area contributed by atoms with Gasteiger partial charge in [-0.3, -0.25) is 4.68 Å². The lowest BCUT2D eigenvalue weighted by Gasteiger charge is -2.05. The lowest BCUT2D eigenvalue weighted by molar-refractivity contribution is 0.199. The average Bonchev–Trinajstić information content (AvgIpc) is 2.66. The van der Waals surface area contributed by atoms with Gasteiger partial charge >= 0.3 is 0 Å². The van der Waals surface area contributed by atoms with Crippen LogP contribution < -0.4 is 5.32 Å². The van der Waals surface area contributed by atoms with Gasteiger partial charge in [0.15, 0.2) is 0 Å². The van der Waals surface area contributed by atoms with Crippen molar-refractivity contribution in [3.8, 4) is 11.8 Å². The minimum absolute atomic E-state index is 0.757. The van der Waals surface area contributed by atoms with Crippen LogP contribution in [0.1, 0.15) is 30.3 Å². The first-order valence-corrected chi connectivity index (χ1v) is 6.82. The molecule has 0 amide bonds. The molecule has 1 N–H and O–H groups in total. The Balaban J connectivity index is 2.50. The molecule has 4 nitrogen and oxygen atoms in total. The van der Waals surface area contributed by atoms with Crippen LogP contribution in [-0.2, 0) is 17.7 Å². The molecule has 0 spiro atoms. The van der Waals surface area contributed by atoms with Gasteiger partial charge in [0.25, 0.3) is 0 Å². The Kier molecular flexibility index (Phi) is 7.24. The van der Waals surface area contributed by atoms with E-state index in [1.165, 1.54) is 11.3 Å². The highest BCUT2D eigenvalue weighted by atomic mass is 16.5. The Labute approximate surface area is 116 Å². The molecule has 0 bridgehead atoms. The standard InChI is InChI=1S/C15H25N3O/c1-5-6-7-11-18-14(3)15(13(2)17-18)8-9-16-10-12-19-4/h16H,7-12H2,1-4H3. The van der Waals surface area contributed by atoms with Gasteiger partial charge in [0.2, 0.25) is 0 Å². The average molecular weight is 263 g/mol. The van der Waals surface area contributed by atoms with Crippen LogP contribution in [0.25, 0.3) is 0 Å². The highest BCUT2D eigenvalue weighted by Gasteiger charge is 2.10. The fourth-order valence-electron chi connectivity index (χ4n) is 2.11. The number of ether oxygens (including phenoxy) is 1. The van der Waals surface area contributed by atoms with Crippen LogP contribution in [0.3, 0.4) is 0 Å². The number of hydrogen-bond acceptors (Lipinski definition) is 3. The molecule has 0 aromatic carbocycles. The van der Waals surface area contributed by atoms with Crippen molar-refractivity contribution in [3.63, 3.8) is 0 Å². The summed E-state index contributed by atoms with van der Waals surface area (Å²) < 4.78 is 7.08. The summed E-state index contributed by atoms with van der Waals surface area (Å²) >= 11 is 0. The van der Waals surface area contributed by atoms with Gasteiger partial charge in [-0.25, -0.2) is 0 Å². The Bertz CT molecular complexity index is 440. The minimum Gasteiger partial charge on any atom is -0.383 e. The second kappa shape index (κ2) is 8.73. The second-order valence-electron chi connectivity index (χ2n) is 4.54. The van der Waals surface area contributed by atoms with Crippen molar-refractivity contribution in [1.82, 2.24) is 15.1 Å². The lowest BCUT2D eigenvalue weighted by atomic mass is 10.1. The Morgan fingerprint density at radius 1 is 1.32 bits per heavy atom.